The molecule has 0 spiro atoms. The van der Waals surface area contributed by atoms with E-state index in [9.17, 15) is 0 Å². The zero-order valence-electron chi connectivity index (χ0n) is 19.5. The number of likely N-dealkylation sites (tertiary alicyclic amines) is 2. The van der Waals surface area contributed by atoms with Crippen LogP contribution in [0.25, 0.3) is 11.3 Å². The van der Waals surface area contributed by atoms with Crippen LogP contribution in [0.3, 0.4) is 0 Å². The van der Waals surface area contributed by atoms with E-state index in [1.54, 1.807) is 25.6 Å². The van der Waals surface area contributed by atoms with Crippen LogP contribution in [0.15, 0.2) is 53.4 Å². The Bertz CT molecular complexity index is 1040. The van der Waals surface area contributed by atoms with Gasteiger partial charge in [-0.3, -0.25) is 4.90 Å². The van der Waals surface area contributed by atoms with Gasteiger partial charge in [-0.2, -0.15) is 0 Å². The lowest BCUT2D eigenvalue weighted by Gasteiger charge is -2.58. The standard InChI is InChI=1S/C26H32N4O2S/c1-29-10-8-20(9-11-29)30-25(18-6-4-17(5-7-18)23-15-33-16-28-23)24(26(30)27)19-12-21(31-2)14-22(13-19)32-3/h4-7,12-16,20,24-26H,8-11,27H2,1-3H3. The Kier molecular flexibility index (Phi) is 6.38. The highest BCUT2D eigenvalue weighted by atomic mass is 32.1. The van der Waals surface area contributed by atoms with Crippen LogP contribution < -0.4 is 15.2 Å². The van der Waals surface area contributed by atoms with Crippen LogP contribution in [0.1, 0.15) is 35.9 Å². The Morgan fingerprint density at radius 1 is 0.970 bits per heavy atom. The Hall–Kier alpha value is -2.45. The highest BCUT2D eigenvalue weighted by Gasteiger charge is 2.51. The average Bonchev–Trinajstić information content (AvgIpc) is 3.39. The van der Waals surface area contributed by atoms with Gasteiger partial charge in [0.1, 0.15) is 11.5 Å². The lowest BCUT2D eigenvalue weighted by Crippen LogP contribution is -2.65. The SMILES string of the molecule is COc1cc(OC)cc(C2C(N)N(C3CCN(C)CC3)C2c2ccc(-c3cscn3)cc2)c1. The van der Waals surface area contributed by atoms with E-state index in [2.05, 4.69) is 63.6 Å². The highest BCUT2D eigenvalue weighted by molar-refractivity contribution is 7.07. The fourth-order valence-electron chi connectivity index (χ4n) is 5.39. The van der Waals surface area contributed by atoms with Crippen molar-refractivity contribution in [2.45, 2.75) is 37.0 Å². The Morgan fingerprint density at radius 2 is 1.64 bits per heavy atom. The molecule has 2 aliphatic rings. The summed E-state index contributed by atoms with van der Waals surface area (Å²) in [6.45, 7) is 2.22. The van der Waals surface area contributed by atoms with E-state index in [1.165, 1.54) is 5.56 Å². The van der Waals surface area contributed by atoms with Gasteiger partial charge in [-0.15, -0.1) is 11.3 Å². The van der Waals surface area contributed by atoms with Gasteiger partial charge in [0.2, 0.25) is 0 Å². The topological polar surface area (TPSA) is 63.9 Å². The zero-order chi connectivity index (χ0) is 22.9. The smallest absolute Gasteiger partial charge is 0.122 e. The lowest BCUT2D eigenvalue weighted by molar-refractivity contribution is -0.0668. The summed E-state index contributed by atoms with van der Waals surface area (Å²) in [7, 11) is 5.59. The summed E-state index contributed by atoms with van der Waals surface area (Å²) in [5.74, 6) is 1.76. The molecule has 3 aromatic rings. The molecule has 0 bridgehead atoms. The number of rotatable bonds is 6. The first-order valence-electron chi connectivity index (χ1n) is 11.5. The van der Waals surface area contributed by atoms with E-state index in [4.69, 9.17) is 15.2 Å². The maximum absolute atomic E-state index is 6.90. The molecule has 3 unspecified atom stereocenters. The summed E-state index contributed by atoms with van der Waals surface area (Å²) in [5.41, 5.74) is 13.4. The van der Waals surface area contributed by atoms with Crippen LogP contribution in [-0.2, 0) is 0 Å². The number of aromatic nitrogens is 1. The number of nitrogens with zero attached hydrogens (tertiary/aromatic N) is 3. The maximum atomic E-state index is 6.90. The molecule has 5 rings (SSSR count). The molecule has 2 fully saturated rings. The molecule has 2 aromatic carbocycles. The molecular formula is C26H32N4O2S. The molecule has 3 atom stereocenters. The van der Waals surface area contributed by atoms with Crippen molar-refractivity contribution in [1.82, 2.24) is 14.8 Å². The number of hydrogen-bond acceptors (Lipinski definition) is 7. The van der Waals surface area contributed by atoms with Crippen molar-refractivity contribution in [3.8, 4) is 22.8 Å². The number of thiazole rings is 1. The van der Waals surface area contributed by atoms with Crippen LogP contribution in [0.4, 0.5) is 0 Å². The number of methoxy groups -OCH3 is 2. The van der Waals surface area contributed by atoms with Crippen molar-refractivity contribution in [3.05, 3.63) is 64.5 Å². The molecule has 0 aliphatic carbocycles. The normalized spacial score (nSPS) is 24.4. The quantitative estimate of drug-likeness (QED) is 0.585. The van der Waals surface area contributed by atoms with Gasteiger partial charge in [0, 0.05) is 35.0 Å². The van der Waals surface area contributed by atoms with E-state index >= 15 is 0 Å². The summed E-state index contributed by atoms with van der Waals surface area (Å²) >= 11 is 1.62. The number of benzene rings is 2. The fourth-order valence-corrected chi connectivity index (χ4v) is 5.95. The first-order chi connectivity index (χ1) is 16.1. The minimum atomic E-state index is -0.0431. The predicted molar refractivity (Wildman–Crippen MR) is 133 cm³/mol. The summed E-state index contributed by atoms with van der Waals surface area (Å²) < 4.78 is 11.1. The molecule has 3 heterocycles. The molecule has 7 heteroatoms. The van der Waals surface area contributed by atoms with Gasteiger partial charge in [0.15, 0.2) is 0 Å². The van der Waals surface area contributed by atoms with E-state index in [-0.39, 0.29) is 18.1 Å². The van der Waals surface area contributed by atoms with Crippen LogP contribution >= 0.6 is 11.3 Å². The monoisotopic (exact) mass is 464 g/mol. The Morgan fingerprint density at radius 3 is 2.21 bits per heavy atom. The van der Waals surface area contributed by atoms with Gasteiger partial charge in [-0.05, 0) is 56.2 Å². The maximum Gasteiger partial charge on any atom is 0.122 e. The highest BCUT2D eigenvalue weighted by Crippen LogP contribution is 2.52. The summed E-state index contributed by atoms with van der Waals surface area (Å²) in [6.07, 6.45) is 2.25. The first kappa shape index (κ1) is 22.3. The summed E-state index contributed by atoms with van der Waals surface area (Å²) in [6, 6.07) is 15.7. The lowest BCUT2D eigenvalue weighted by atomic mass is 9.73. The second-order valence-electron chi connectivity index (χ2n) is 9.08. The molecule has 2 saturated heterocycles. The average molecular weight is 465 g/mol. The van der Waals surface area contributed by atoms with Gasteiger partial charge in [-0.1, -0.05) is 24.3 Å². The Balaban J connectivity index is 1.50. The third-order valence-electron chi connectivity index (χ3n) is 7.22. The van der Waals surface area contributed by atoms with Crippen LogP contribution in [0.5, 0.6) is 11.5 Å². The third-order valence-corrected chi connectivity index (χ3v) is 7.81. The van der Waals surface area contributed by atoms with Gasteiger partial charge in [0.25, 0.3) is 0 Å². The van der Waals surface area contributed by atoms with E-state index in [0.29, 0.717) is 6.04 Å². The molecular weight excluding hydrogens is 432 g/mol. The molecule has 0 saturated carbocycles. The third kappa shape index (κ3) is 4.26. The fraction of sp³-hybridized carbons (Fsp3) is 0.423. The van der Waals surface area contributed by atoms with Gasteiger partial charge < -0.3 is 20.1 Å². The molecule has 0 radical (unpaired) electrons. The van der Waals surface area contributed by atoms with Crippen LogP contribution in [-0.4, -0.2) is 61.3 Å². The minimum Gasteiger partial charge on any atom is -0.497 e. The van der Waals surface area contributed by atoms with Crippen LogP contribution in [0, 0.1) is 0 Å². The van der Waals surface area contributed by atoms with E-state index in [1.807, 2.05) is 11.6 Å². The van der Waals surface area contributed by atoms with Gasteiger partial charge in [-0.25, -0.2) is 4.98 Å². The summed E-state index contributed by atoms with van der Waals surface area (Å²) in [4.78, 5) is 9.41. The molecule has 174 valence electrons. The van der Waals surface area contributed by atoms with Crippen molar-refractivity contribution in [2.24, 2.45) is 5.73 Å². The van der Waals surface area contributed by atoms with Crippen molar-refractivity contribution in [1.29, 1.82) is 0 Å². The molecule has 2 aliphatic heterocycles. The molecule has 1 aromatic heterocycles. The minimum absolute atomic E-state index is 0.0431. The zero-order valence-corrected chi connectivity index (χ0v) is 20.3. The van der Waals surface area contributed by atoms with E-state index in [0.717, 1.165) is 54.3 Å². The van der Waals surface area contributed by atoms with E-state index < -0.39 is 0 Å². The predicted octanol–water partition coefficient (Wildman–Crippen LogP) is 4.35. The van der Waals surface area contributed by atoms with Crippen molar-refractivity contribution in [3.63, 3.8) is 0 Å². The van der Waals surface area contributed by atoms with Gasteiger partial charge in [0.05, 0.1) is 31.6 Å². The number of ether oxygens (including phenoxy) is 2. The summed E-state index contributed by atoms with van der Waals surface area (Å²) in [5, 5.41) is 2.09. The molecule has 6 nitrogen and oxygen atoms in total. The Labute approximate surface area is 199 Å². The molecule has 33 heavy (non-hydrogen) atoms. The largest absolute Gasteiger partial charge is 0.497 e. The van der Waals surface area contributed by atoms with Gasteiger partial charge >= 0.3 is 0 Å². The van der Waals surface area contributed by atoms with Crippen LogP contribution in [0.2, 0.25) is 0 Å². The number of hydrogen-bond donors (Lipinski definition) is 1. The van der Waals surface area contributed by atoms with Crippen molar-refractivity contribution >= 4 is 11.3 Å². The first-order valence-corrected chi connectivity index (χ1v) is 12.5. The second-order valence-corrected chi connectivity index (χ2v) is 9.80. The second kappa shape index (κ2) is 9.43. The van der Waals surface area contributed by atoms with Crippen molar-refractivity contribution in [2.75, 3.05) is 34.4 Å². The van der Waals surface area contributed by atoms with Crippen molar-refractivity contribution < 1.29 is 9.47 Å². The number of piperidine rings is 1. The molecule has 0 amide bonds. The molecule has 2 N–H and O–H groups in total. The number of nitrogens with two attached hydrogens (primary N) is 1.